The summed E-state index contributed by atoms with van der Waals surface area (Å²) in [4.78, 5) is 10.8. The van der Waals surface area contributed by atoms with E-state index in [4.69, 9.17) is 5.73 Å². The molecule has 0 aliphatic rings. The Hall–Kier alpha value is -2.36. The molecule has 3 N–H and O–H groups in total. The highest BCUT2D eigenvalue weighted by Crippen LogP contribution is 2.13. The topological polar surface area (TPSA) is 55.1 Å². The third-order valence-corrected chi connectivity index (χ3v) is 3.05. The molecule has 3 nitrogen and oxygen atoms in total. The fourth-order valence-corrected chi connectivity index (χ4v) is 1.96. The van der Waals surface area contributed by atoms with E-state index >= 15 is 0 Å². The van der Waals surface area contributed by atoms with E-state index in [9.17, 15) is 9.18 Å². The lowest BCUT2D eigenvalue weighted by Crippen LogP contribution is -2.13. The first kappa shape index (κ1) is 14.1. The first-order valence-electron chi connectivity index (χ1n) is 6.41. The number of hydrogen-bond donors (Lipinski definition) is 2. The van der Waals surface area contributed by atoms with Crippen LogP contribution in [0.15, 0.2) is 42.5 Å². The number of aryl methyl sites for hydroxylation is 1. The Morgan fingerprint density at radius 3 is 2.40 bits per heavy atom. The molecule has 0 spiro atoms. The molecule has 0 atom stereocenters. The van der Waals surface area contributed by atoms with E-state index in [2.05, 4.69) is 5.32 Å². The average Bonchev–Trinajstić information content (AvgIpc) is 2.41. The molecule has 0 aromatic heterocycles. The molecule has 2 aromatic rings. The number of nitrogens with two attached hydrogens (primary N) is 1. The van der Waals surface area contributed by atoms with Crippen molar-refractivity contribution in [2.24, 2.45) is 5.73 Å². The summed E-state index contributed by atoms with van der Waals surface area (Å²) in [6.45, 7) is 2.37. The second-order valence-electron chi connectivity index (χ2n) is 4.78. The molecule has 0 radical (unpaired) electrons. The third-order valence-electron chi connectivity index (χ3n) is 3.05. The lowest BCUT2D eigenvalue weighted by atomic mass is 10.1. The van der Waals surface area contributed by atoms with Crippen molar-refractivity contribution in [3.05, 3.63) is 65.0 Å². The molecular formula is C16H17FN2O. The quantitative estimate of drug-likeness (QED) is 0.879. The predicted molar refractivity (Wildman–Crippen MR) is 77.8 cm³/mol. The van der Waals surface area contributed by atoms with E-state index in [1.165, 1.54) is 6.07 Å². The molecule has 20 heavy (non-hydrogen) atoms. The highest BCUT2D eigenvalue weighted by molar-refractivity contribution is 5.76. The lowest BCUT2D eigenvalue weighted by Gasteiger charge is -2.08. The van der Waals surface area contributed by atoms with Crippen LogP contribution in [0.5, 0.6) is 0 Å². The minimum Gasteiger partial charge on any atom is -0.381 e. The minimum absolute atomic E-state index is 0.190. The van der Waals surface area contributed by atoms with Crippen molar-refractivity contribution >= 4 is 11.6 Å². The molecule has 1 amide bonds. The summed E-state index contributed by atoms with van der Waals surface area (Å²) in [6.07, 6.45) is 0.247. The first-order chi connectivity index (χ1) is 9.54. The molecule has 2 aromatic carbocycles. The molecule has 0 heterocycles. The van der Waals surface area contributed by atoms with Crippen LogP contribution < -0.4 is 11.1 Å². The Bertz CT molecular complexity index is 608. The van der Waals surface area contributed by atoms with Crippen molar-refractivity contribution < 1.29 is 9.18 Å². The SMILES string of the molecule is Cc1cc(CNc2ccc(CC(N)=O)cc2)ccc1F. The Morgan fingerprint density at radius 2 is 1.80 bits per heavy atom. The van der Waals surface area contributed by atoms with Gasteiger partial charge in [-0.25, -0.2) is 4.39 Å². The lowest BCUT2D eigenvalue weighted by molar-refractivity contribution is -0.117. The number of halogens is 1. The Kier molecular flexibility index (Phi) is 4.35. The third kappa shape index (κ3) is 3.82. The Morgan fingerprint density at radius 1 is 1.15 bits per heavy atom. The largest absolute Gasteiger partial charge is 0.381 e. The summed E-state index contributed by atoms with van der Waals surface area (Å²) in [5, 5.41) is 3.25. The number of nitrogens with one attached hydrogen (secondary N) is 1. The van der Waals surface area contributed by atoms with E-state index in [1.807, 2.05) is 30.3 Å². The van der Waals surface area contributed by atoms with E-state index in [-0.39, 0.29) is 18.1 Å². The fourth-order valence-electron chi connectivity index (χ4n) is 1.96. The van der Waals surface area contributed by atoms with Gasteiger partial charge in [-0.05, 0) is 41.8 Å². The second kappa shape index (κ2) is 6.19. The molecule has 0 fully saturated rings. The molecule has 4 heteroatoms. The molecule has 0 aliphatic heterocycles. The van der Waals surface area contributed by atoms with Crippen molar-refractivity contribution in [3.8, 4) is 0 Å². The maximum atomic E-state index is 13.2. The number of anilines is 1. The molecule has 0 unspecified atom stereocenters. The van der Waals surface area contributed by atoms with Crippen LogP contribution in [0.3, 0.4) is 0 Å². The molecule has 0 bridgehead atoms. The highest BCUT2D eigenvalue weighted by Gasteiger charge is 2.01. The number of carbonyl (C=O) groups is 1. The van der Waals surface area contributed by atoms with Gasteiger partial charge in [0, 0.05) is 12.2 Å². The number of benzene rings is 2. The molecule has 0 aliphatic carbocycles. The van der Waals surface area contributed by atoms with Gasteiger partial charge in [-0.1, -0.05) is 24.3 Å². The average molecular weight is 272 g/mol. The summed E-state index contributed by atoms with van der Waals surface area (Å²) in [7, 11) is 0. The molecule has 0 saturated heterocycles. The molecular weight excluding hydrogens is 255 g/mol. The molecule has 0 saturated carbocycles. The zero-order valence-electron chi connectivity index (χ0n) is 11.3. The smallest absolute Gasteiger partial charge is 0.221 e. The van der Waals surface area contributed by atoms with Crippen LogP contribution in [0.4, 0.5) is 10.1 Å². The standard InChI is InChI=1S/C16H17FN2O/c1-11-8-13(4-7-15(11)17)10-19-14-5-2-12(3-6-14)9-16(18)20/h2-8,19H,9-10H2,1H3,(H2,18,20). The number of rotatable bonds is 5. The van der Waals surface area contributed by atoms with E-state index in [0.717, 1.165) is 16.8 Å². The van der Waals surface area contributed by atoms with Gasteiger partial charge in [-0.15, -0.1) is 0 Å². The van der Waals surface area contributed by atoms with Crippen molar-refractivity contribution in [2.45, 2.75) is 19.9 Å². The van der Waals surface area contributed by atoms with Crippen LogP contribution >= 0.6 is 0 Å². The maximum absolute atomic E-state index is 13.2. The van der Waals surface area contributed by atoms with Crippen LogP contribution in [0.2, 0.25) is 0 Å². The second-order valence-corrected chi connectivity index (χ2v) is 4.78. The fraction of sp³-hybridized carbons (Fsp3) is 0.188. The van der Waals surface area contributed by atoms with Crippen molar-refractivity contribution in [1.82, 2.24) is 0 Å². The molecule has 2 rings (SSSR count). The normalized spacial score (nSPS) is 10.3. The number of primary amides is 1. The van der Waals surface area contributed by atoms with Gasteiger partial charge in [0.2, 0.25) is 5.91 Å². The van der Waals surface area contributed by atoms with Gasteiger partial charge >= 0.3 is 0 Å². The van der Waals surface area contributed by atoms with Crippen LogP contribution in [0.1, 0.15) is 16.7 Å². The van der Waals surface area contributed by atoms with Crippen LogP contribution in [-0.4, -0.2) is 5.91 Å². The van der Waals surface area contributed by atoms with Gasteiger partial charge < -0.3 is 11.1 Å². The monoisotopic (exact) mass is 272 g/mol. The number of amides is 1. The maximum Gasteiger partial charge on any atom is 0.221 e. The minimum atomic E-state index is -0.340. The van der Waals surface area contributed by atoms with Crippen LogP contribution in [0.25, 0.3) is 0 Å². The van der Waals surface area contributed by atoms with Crippen LogP contribution in [-0.2, 0) is 17.8 Å². The van der Waals surface area contributed by atoms with Gasteiger partial charge in [0.15, 0.2) is 0 Å². The van der Waals surface area contributed by atoms with Gasteiger partial charge in [0.1, 0.15) is 5.82 Å². The van der Waals surface area contributed by atoms with Gasteiger partial charge in [0.05, 0.1) is 6.42 Å². The van der Waals surface area contributed by atoms with Crippen molar-refractivity contribution in [1.29, 1.82) is 0 Å². The highest BCUT2D eigenvalue weighted by atomic mass is 19.1. The van der Waals surface area contributed by atoms with Crippen molar-refractivity contribution in [3.63, 3.8) is 0 Å². The summed E-state index contributed by atoms with van der Waals surface area (Å²) in [5.41, 5.74) is 8.63. The number of carbonyl (C=O) groups excluding carboxylic acids is 1. The summed E-state index contributed by atoms with van der Waals surface area (Å²) < 4.78 is 13.2. The van der Waals surface area contributed by atoms with Crippen LogP contribution in [0, 0.1) is 12.7 Å². The first-order valence-corrected chi connectivity index (χ1v) is 6.41. The summed E-state index contributed by atoms with van der Waals surface area (Å²) in [6, 6.07) is 12.6. The van der Waals surface area contributed by atoms with Gasteiger partial charge in [0.25, 0.3) is 0 Å². The van der Waals surface area contributed by atoms with E-state index in [1.54, 1.807) is 13.0 Å². The Labute approximate surface area is 117 Å². The number of hydrogen-bond acceptors (Lipinski definition) is 2. The summed E-state index contributed by atoms with van der Waals surface area (Å²) >= 11 is 0. The predicted octanol–water partition coefficient (Wildman–Crippen LogP) is 2.77. The molecule has 104 valence electrons. The van der Waals surface area contributed by atoms with E-state index in [0.29, 0.717) is 12.1 Å². The van der Waals surface area contributed by atoms with Gasteiger partial charge in [-0.2, -0.15) is 0 Å². The van der Waals surface area contributed by atoms with Crippen molar-refractivity contribution in [2.75, 3.05) is 5.32 Å². The summed E-state index contributed by atoms with van der Waals surface area (Å²) in [5.74, 6) is -0.531. The van der Waals surface area contributed by atoms with E-state index < -0.39 is 0 Å². The zero-order valence-corrected chi connectivity index (χ0v) is 11.3. The van der Waals surface area contributed by atoms with Gasteiger partial charge in [-0.3, -0.25) is 4.79 Å². The zero-order chi connectivity index (χ0) is 14.5. The Balaban J connectivity index is 1.96.